The van der Waals surface area contributed by atoms with E-state index in [1.54, 1.807) is 66.7 Å². The lowest BCUT2D eigenvalue weighted by Crippen LogP contribution is -2.37. The number of benzene rings is 5. The third-order valence-electron chi connectivity index (χ3n) is 8.25. The first-order valence-electron chi connectivity index (χ1n) is 17.2. The van der Waals surface area contributed by atoms with Gasteiger partial charge in [-0.25, -0.2) is 4.79 Å². The van der Waals surface area contributed by atoms with Gasteiger partial charge < -0.3 is 34.6 Å². The van der Waals surface area contributed by atoms with Crippen LogP contribution in [0.25, 0.3) is 0 Å². The molecule has 0 spiro atoms. The Morgan fingerprint density at radius 2 is 1.56 bits per heavy atom. The lowest BCUT2D eigenvalue weighted by molar-refractivity contribution is -0.118. The van der Waals surface area contributed by atoms with Gasteiger partial charge in [0.15, 0.2) is 6.61 Å². The maximum absolute atomic E-state index is 13.5. The van der Waals surface area contributed by atoms with E-state index in [1.165, 1.54) is 23.9 Å². The van der Waals surface area contributed by atoms with E-state index in [4.69, 9.17) is 25.8 Å². The molecule has 15 heteroatoms. The third kappa shape index (κ3) is 10.9. The van der Waals surface area contributed by atoms with Crippen molar-refractivity contribution in [1.29, 1.82) is 0 Å². The molecule has 0 bridgehead atoms. The van der Waals surface area contributed by atoms with Crippen LogP contribution in [0.15, 0.2) is 131 Å². The van der Waals surface area contributed by atoms with Crippen LogP contribution in [0.2, 0.25) is 5.02 Å². The van der Waals surface area contributed by atoms with Crippen LogP contribution in [0.3, 0.4) is 0 Å². The molecule has 1 heterocycles. The average Bonchev–Trinajstić information content (AvgIpc) is 3.18. The Balaban J connectivity index is 1.15. The molecule has 0 aromatic heterocycles. The van der Waals surface area contributed by atoms with Gasteiger partial charge in [0.2, 0.25) is 5.91 Å². The van der Waals surface area contributed by atoms with Gasteiger partial charge in [0, 0.05) is 41.3 Å². The Morgan fingerprint density at radius 3 is 2.33 bits per heavy atom. The van der Waals surface area contributed by atoms with Gasteiger partial charge in [0.1, 0.15) is 18.0 Å². The molecule has 6 rings (SSSR count). The number of amides is 2. The van der Waals surface area contributed by atoms with Gasteiger partial charge >= 0.3 is 5.97 Å². The summed E-state index contributed by atoms with van der Waals surface area (Å²) in [5.74, 6) is -1.09. The molecule has 284 valence electrons. The second-order valence-corrected chi connectivity index (χ2v) is 16.0. The fourth-order valence-electron chi connectivity index (χ4n) is 5.63. The number of hydrogen-bond donors (Lipinski definition) is 3. The Hall–Kier alpha value is -5.30. The highest BCUT2D eigenvalue weighted by Gasteiger charge is 2.27. The number of morpholine rings is 1. The number of halogens is 1. The highest BCUT2D eigenvalue weighted by atomic mass is 35.5. The second kappa shape index (κ2) is 18.4. The van der Waals surface area contributed by atoms with Crippen LogP contribution in [0.5, 0.6) is 11.5 Å². The van der Waals surface area contributed by atoms with Crippen molar-refractivity contribution in [2.75, 3.05) is 66.3 Å². The molecule has 5 aromatic carbocycles. The average molecular weight is 801 g/mol. The van der Waals surface area contributed by atoms with E-state index >= 15 is 0 Å². The van der Waals surface area contributed by atoms with Crippen LogP contribution in [-0.4, -0.2) is 68.8 Å². The van der Waals surface area contributed by atoms with Crippen molar-refractivity contribution < 1.29 is 38.1 Å². The quantitative estimate of drug-likeness (QED) is 0.0574. The molecule has 0 aliphatic carbocycles. The van der Waals surface area contributed by atoms with Crippen LogP contribution in [0.4, 0.5) is 22.7 Å². The summed E-state index contributed by atoms with van der Waals surface area (Å²) in [5.41, 5.74) is 1.91. The van der Waals surface area contributed by atoms with E-state index in [2.05, 4.69) is 10.6 Å². The molecule has 0 saturated carbocycles. The summed E-state index contributed by atoms with van der Waals surface area (Å²) in [5, 5.41) is 6.12. The topological polar surface area (TPSA) is 147 Å². The Labute approximate surface area is 327 Å². The van der Waals surface area contributed by atoms with Gasteiger partial charge in [-0.3, -0.25) is 18.8 Å². The molecule has 5 aromatic rings. The van der Waals surface area contributed by atoms with Crippen molar-refractivity contribution in [1.82, 2.24) is 0 Å². The first-order chi connectivity index (χ1) is 26.5. The minimum atomic E-state index is -4.06. The predicted molar refractivity (Wildman–Crippen MR) is 215 cm³/mol. The zero-order chi connectivity index (χ0) is 38.8. The number of ether oxygens (including phenoxy) is 3. The highest BCUT2D eigenvalue weighted by molar-refractivity contribution is 7.99. The number of hydrogen-bond acceptors (Lipinski definition) is 9. The van der Waals surface area contributed by atoms with Crippen molar-refractivity contribution >= 4 is 71.4 Å². The number of para-hydroxylation sites is 2. The highest BCUT2D eigenvalue weighted by Crippen LogP contribution is 2.44. The van der Waals surface area contributed by atoms with E-state index in [0.29, 0.717) is 54.1 Å². The van der Waals surface area contributed by atoms with Crippen molar-refractivity contribution in [2.45, 2.75) is 9.79 Å². The van der Waals surface area contributed by atoms with E-state index in [0.717, 1.165) is 21.1 Å². The molecular weight excluding hydrogens is 763 g/mol. The number of nitrogens with zero attached hydrogens (tertiary/aromatic N) is 2. The lowest BCUT2D eigenvalue weighted by Gasteiger charge is -2.30. The molecule has 3 N–H and O–H groups in total. The lowest BCUT2D eigenvalue weighted by atomic mass is 10.2. The van der Waals surface area contributed by atoms with Gasteiger partial charge in [0.05, 0.1) is 40.9 Å². The van der Waals surface area contributed by atoms with Crippen LogP contribution >= 0.6 is 30.9 Å². The summed E-state index contributed by atoms with van der Waals surface area (Å²) in [6.07, 6.45) is 0. The second-order valence-electron chi connectivity index (χ2n) is 12.3. The van der Waals surface area contributed by atoms with Crippen molar-refractivity contribution in [2.24, 2.45) is 0 Å². The first-order valence-corrected chi connectivity index (χ1v) is 20.4. The maximum atomic E-state index is 13.5. The molecule has 12 nitrogen and oxygen atoms in total. The summed E-state index contributed by atoms with van der Waals surface area (Å²) in [6.45, 7) is 2.40. The number of rotatable bonds is 14. The maximum Gasteiger partial charge on any atom is 0.343 e. The monoisotopic (exact) mass is 800 g/mol. The largest absolute Gasteiger partial charge is 0.482 e. The van der Waals surface area contributed by atoms with Crippen LogP contribution in [0, 0.1) is 0 Å². The molecular formula is C40H38ClN4O8PS. The normalized spacial score (nSPS) is 13.6. The number of nitrogens with one attached hydrogen (secondary N) is 2. The van der Waals surface area contributed by atoms with Gasteiger partial charge in [-0.2, -0.15) is 0 Å². The summed E-state index contributed by atoms with van der Waals surface area (Å²) in [7, 11) is -4.06. The summed E-state index contributed by atoms with van der Waals surface area (Å²) in [6, 6.07) is 34.7. The summed E-state index contributed by atoms with van der Waals surface area (Å²) in [4.78, 5) is 54.3. The number of esters is 1. The van der Waals surface area contributed by atoms with Crippen LogP contribution < -0.4 is 29.7 Å². The van der Waals surface area contributed by atoms with E-state index in [1.807, 2.05) is 47.4 Å². The van der Waals surface area contributed by atoms with Gasteiger partial charge in [-0.15, -0.1) is 0 Å². The summed E-state index contributed by atoms with van der Waals surface area (Å²) >= 11 is 7.63. The zero-order valence-corrected chi connectivity index (χ0v) is 32.2. The van der Waals surface area contributed by atoms with E-state index in [9.17, 15) is 23.8 Å². The van der Waals surface area contributed by atoms with Crippen LogP contribution in [0.1, 0.15) is 10.4 Å². The molecule has 1 unspecified atom stereocenters. The molecule has 1 atom stereocenters. The van der Waals surface area contributed by atoms with E-state index in [-0.39, 0.29) is 23.6 Å². The molecule has 1 aliphatic heterocycles. The SMILES string of the molecule is CP(=O)(O)N(CC(=O)Nc1ccccc1Sc1ccccc1)c1cccc(C(=O)Oc2ccc(NC(=O)COc3ccccc3Cl)c(N3CCOCC3)c2)c1. The fraction of sp³-hybridized carbons (Fsp3) is 0.175. The smallest absolute Gasteiger partial charge is 0.343 e. The minimum Gasteiger partial charge on any atom is -0.482 e. The predicted octanol–water partition coefficient (Wildman–Crippen LogP) is 7.82. The van der Waals surface area contributed by atoms with Gasteiger partial charge in [0.25, 0.3) is 13.4 Å². The molecule has 2 amide bonds. The molecule has 55 heavy (non-hydrogen) atoms. The molecule has 1 aliphatic rings. The number of anilines is 4. The fourth-order valence-corrected chi connectivity index (χ4v) is 7.69. The Kier molecular flexibility index (Phi) is 13.1. The zero-order valence-electron chi connectivity index (χ0n) is 29.7. The van der Waals surface area contributed by atoms with E-state index < -0.39 is 31.8 Å². The molecule has 0 radical (unpaired) electrons. The van der Waals surface area contributed by atoms with Gasteiger partial charge in [-0.1, -0.05) is 71.9 Å². The van der Waals surface area contributed by atoms with Crippen molar-refractivity contribution in [3.63, 3.8) is 0 Å². The van der Waals surface area contributed by atoms with Crippen molar-refractivity contribution in [3.8, 4) is 11.5 Å². The standard InChI is InChI=1S/C40H38ClN4O8PS/c1-54(49,50)45(26-38(46)43-34-15-6-8-17-37(34)55-31-12-3-2-4-13-31)29-11-9-10-28(24-29)40(48)53-30-18-19-33(35(25-30)44-20-22-51-23-21-44)42-39(47)27-52-36-16-7-5-14-32(36)41/h2-19,24-25H,20-23,26-27H2,1H3,(H,42,47)(H,43,46)(H,49,50). The molecule has 1 fully saturated rings. The van der Waals surface area contributed by atoms with Crippen molar-refractivity contribution in [3.05, 3.63) is 132 Å². The Morgan fingerprint density at radius 1 is 0.855 bits per heavy atom. The third-order valence-corrected chi connectivity index (χ3v) is 10.9. The number of carbonyl (C=O) groups is 3. The van der Waals surface area contributed by atoms with Crippen LogP contribution in [-0.2, 0) is 18.9 Å². The van der Waals surface area contributed by atoms with Gasteiger partial charge in [-0.05, 0) is 66.7 Å². The summed E-state index contributed by atoms with van der Waals surface area (Å²) < 4.78 is 31.1. The minimum absolute atomic E-state index is 0.0861. The number of carbonyl (C=O) groups excluding carboxylic acids is 3. The molecule has 1 saturated heterocycles. The first kappa shape index (κ1) is 39.4. The Bertz CT molecular complexity index is 2200.